The van der Waals surface area contributed by atoms with E-state index in [1.807, 2.05) is 4.90 Å². The number of aromatic nitrogens is 1. The van der Waals surface area contributed by atoms with E-state index in [1.165, 1.54) is 0 Å². The topological polar surface area (TPSA) is 90.7 Å². The zero-order valence-corrected chi connectivity index (χ0v) is 17.9. The Bertz CT molecular complexity index is 1030. The summed E-state index contributed by atoms with van der Waals surface area (Å²) in [5.41, 5.74) is 1.75. The van der Waals surface area contributed by atoms with Crippen LogP contribution in [0.1, 0.15) is 48.4 Å². The molecular formula is C21H25ClFN5O3. The molecule has 1 spiro atoms. The number of amides is 3. The summed E-state index contributed by atoms with van der Waals surface area (Å²) < 4.78 is 18.6. The maximum atomic E-state index is 13.1. The van der Waals surface area contributed by atoms with Crippen molar-refractivity contribution < 1.29 is 18.4 Å². The molecular weight excluding hydrogens is 425 g/mol. The fourth-order valence-corrected chi connectivity index (χ4v) is 5.33. The number of oxazole rings is 1. The number of piperazine rings is 1. The summed E-state index contributed by atoms with van der Waals surface area (Å²) in [6.07, 6.45) is 4.64. The second kappa shape index (κ2) is 7.94. The van der Waals surface area contributed by atoms with Crippen molar-refractivity contribution in [2.75, 3.05) is 44.7 Å². The molecule has 0 radical (unpaired) electrons. The first-order valence-electron chi connectivity index (χ1n) is 10.8. The van der Waals surface area contributed by atoms with Gasteiger partial charge in [0.15, 0.2) is 5.58 Å². The lowest BCUT2D eigenvalue weighted by Gasteiger charge is -2.42. The second-order valence-corrected chi connectivity index (χ2v) is 8.93. The summed E-state index contributed by atoms with van der Waals surface area (Å²) in [7, 11) is 0. The van der Waals surface area contributed by atoms with Crippen molar-refractivity contribution in [1.29, 1.82) is 0 Å². The molecule has 1 saturated carbocycles. The highest BCUT2D eigenvalue weighted by Gasteiger charge is 2.44. The molecule has 3 heterocycles. The van der Waals surface area contributed by atoms with Gasteiger partial charge in [-0.15, -0.1) is 0 Å². The van der Waals surface area contributed by atoms with Crippen molar-refractivity contribution in [2.24, 2.45) is 0 Å². The van der Waals surface area contributed by atoms with Gasteiger partial charge in [-0.25, -0.2) is 14.2 Å². The molecule has 1 aromatic heterocycles. The zero-order valence-electron chi connectivity index (χ0n) is 17.2. The quantitative estimate of drug-likeness (QED) is 0.748. The molecule has 1 aromatic carbocycles. The van der Waals surface area contributed by atoms with Crippen LogP contribution in [0.3, 0.4) is 0 Å². The summed E-state index contributed by atoms with van der Waals surface area (Å²) in [5.74, 6) is -0.271. The molecule has 3 amide bonds. The number of halogens is 2. The van der Waals surface area contributed by atoms with Crippen molar-refractivity contribution in [3.05, 3.63) is 22.5 Å². The Balaban J connectivity index is 1.52. The van der Waals surface area contributed by atoms with Crippen LogP contribution in [0.25, 0.3) is 11.1 Å². The molecule has 3 aliphatic rings. The molecule has 2 fully saturated rings. The van der Waals surface area contributed by atoms with Crippen LogP contribution in [0.2, 0.25) is 5.02 Å². The smallest absolute Gasteiger partial charge is 0.319 e. The molecule has 5 rings (SSSR count). The van der Waals surface area contributed by atoms with E-state index in [0.717, 1.165) is 37.7 Å². The molecule has 8 nitrogen and oxygen atoms in total. The van der Waals surface area contributed by atoms with E-state index < -0.39 is 12.2 Å². The van der Waals surface area contributed by atoms with Crippen molar-refractivity contribution >= 4 is 40.3 Å². The predicted molar refractivity (Wildman–Crippen MR) is 114 cm³/mol. The number of alkyl halides is 1. The molecule has 0 atom stereocenters. The first kappa shape index (κ1) is 20.5. The van der Waals surface area contributed by atoms with Gasteiger partial charge in [0, 0.05) is 38.3 Å². The number of hydrogen-bond donors (Lipinski definition) is 2. The number of nitrogens with one attached hydrogen (secondary N) is 2. The third-order valence-corrected chi connectivity index (χ3v) is 6.95. The number of carbonyl (C=O) groups excluding carboxylic acids is 2. The summed E-state index contributed by atoms with van der Waals surface area (Å²) in [6.45, 7) is 2.23. The van der Waals surface area contributed by atoms with Crippen LogP contribution < -0.4 is 10.6 Å². The van der Waals surface area contributed by atoms with Crippen molar-refractivity contribution in [3.63, 3.8) is 0 Å². The van der Waals surface area contributed by atoms with Crippen LogP contribution >= 0.6 is 11.6 Å². The van der Waals surface area contributed by atoms with E-state index in [9.17, 15) is 14.0 Å². The predicted octanol–water partition coefficient (Wildman–Crippen LogP) is 3.50. The van der Waals surface area contributed by atoms with Gasteiger partial charge in [-0.2, -0.15) is 0 Å². The summed E-state index contributed by atoms with van der Waals surface area (Å²) in [5, 5.41) is 6.29. The van der Waals surface area contributed by atoms with Gasteiger partial charge in [-0.1, -0.05) is 30.9 Å². The third-order valence-electron chi connectivity index (χ3n) is 6.65. The number of hydrogen-bond acceptors (Lipinski definition) is 5. The van der Waals surface area contributed by atoms with Gasteiger partial charge < -0.3 is 20.0 Å². The fraction of sp³-hybridized carbons (Fsp3) is 0.571. The zero-order chi connectivity index (χ0) is 21.6. The summed E-state index contributed by atoms with van der Waals surface area (Å²) in [6, 6.07) is 1.36. The van der Waals surface area contributed by atoms with Crippen molar-refractivity contribution in [3.8, 4) is 0 Å². The largest absolute Gasteiger partial charge is 0.432 e. The highest BCUT2D eigenvalue weighted by atomic mass is 35.5. The van der Waals surface area contributed by atoms with E-state index in [0.29, 0.717) is 54.5 Å². The normalized spacial score (nSPS) is 21.1. The Labute approximate surface area is 184 Å². The Morgan fingerprint density at radius 2 is 1.97 bits per heavy atom. The van der Waals surface area contributed by atoms with E-state index >= 15 is 0 Å². The van der Waals surface area contributed by atoms with Gasteiger partial charge in [-0.3, -0.25) is 9.69 Å². The molecule has 0 bridgehead atoms. The first-order chi connectivity index (χ1) is 15.0. The highest BCUT2D eigenvalue weighted by Crippen LogP contribution is 2.48. The maximum Gasteiger partial charge on any atom is 0.319 e. The Kier molecular flexibility index (Phi) is 5.26. The molecule has 2 aliphatic heterocycles. The number of fused-ring (bicyclic) bond motifs is 4. The average molecular weight is 450 g/mol. The van der Waals surface area contributed by atoms with Gasteiger partial charge in [0.25, 0.3) is 5.89 Å². The lowest BCUT2D eigenvalue weighted by Crippen LogP contribution is -2.52. The Hall–Kier alpha value is -2.39. The first-order valence-corrected chi connectivity index (χ1v) is 11.2. The van der Waals surface area contributed by atoms with Gasteiger partial charge in [0.05, 0.1) is 16.2 Å². The maximum absolute atomic E-state index is 13.1. The Morgan fingerprint density at radius 3 is 2.68 bits per heavy atom. The molecule has 31 heavy (non-hydrogen) atoms. The van der Waals surface area contributed by atoms with Gasteiger partial charge in [0.1, 0.15) is 12.2 Å². The minimum absolute atomic E-state index is 0.0151. The second-order valence-electron chi connectivity index (χ2n) is 8.52. The number of rotatable bonds is 3. The summed E-state index contributed by atoms with van der Waals surface area (Å²) in [4.78, 5) is 33.6. The van der Waals surface area contributed by atoms with Crippen molar-refractivity contribution in [1.82, 2.24) is 20.1 Å². The number of benzene rings is 1. The highest BCUT2D eigenvalue weighted by molar-refractivity contribution is 6.35. The van der Waals surface area contributed by atoms with Crippen LogP contribution in [0.5, 0.6) is 0 Å². The van der Waals surface area contributed by atoms with Crippen LogP contribution in [-0.2, 0) is 5.54 Å². The van der Waals surface area contributed by atoms with E-state index in [-0.39, 0.29) is 17.8 Å². The van der Waals surface area contributed by atoms with Gasteiger partial charge in [-0.05, 0) is 18.9 Å². The van der Waals surface area contributed by atoms with Gasteiger partial charge in [0.2, 0.25) is 0 Å². The summed E-state index contributed by atoms with van der Waals surface area (Å²) >= 11 is 6.52. The van der Waals surface area contributed by atoms with Crippen molar-refractivity contribution in [2.45, 2.75) is 37.6 Å². The molecule has 0 unspecified atom stereocenters. The van der Waals surface area contributed by atoms with E-state index in [4.69, 9.17) is 16.0 Å². The van der Waals surface area contributed by atoms with E-state index in [2.05, 4.69) is 15.6 Å². The van der Waals surface area contributed by atoms with Gasteiger partial charge >= 0.3 is 11.9 Å². The minimum atomic E-state index is -0.573. The van der Waals surface area contributed by atoms with E-state index in [1.54, 1.807) is 11.0 Å². The number of carbonyl (C=O) groups is 2. The van der Waals surface area contributed by atoms with Crippen LogP contribution in [0.4, 0.5) is 14.9 Å². The minimum Gasteiger partial charge on any atom is -0.432 e. The average Bonchev–Trinajstić information content (AvgIpc) is 3.18. The number of nitrogens with zero attached hydrogens (tertiary/aromatic N) is 3. The van der Waals surface area contributed by atoms with Crippen LogP contribution in [0, 0.1) is 0 Å². The standard InChI is InChI=1S/C21H25ClFN5O3/c22-13-12-14-17(15-16(13)25-20(30)26-21(15)4-2-1-3-5-21)31-18(24-14)19(29)28-10-8-27(7-6-23)9-11-28/h12H,1-11H2,(H2,25,26,30). The molecule has 1 saturated heterocycles. The number of urea groups is 1. The Morgan fingerprint density at radius 1 is 1.23 bits per heavy atom. The lowest BCUT2D eigenvalue weighted by molar-refractivity contribution is 0.0594. The molecule has 10 heteroatoms. The third kappa shape index (κ3) is 3.53. The molecule has 1 aliphatic carbocycles. The fourth-order valence-electron chi connectivity index (χ4n) is 5.09. The number of anilines is 1. The monoisotopic (exact) mass is 449 g/mol. The van der Waals surface area contributed by atoms with Crippen LogP contribution in [-0.4, -0.2) is 66.1 Å². The molecule has 166 valence electrons. The lowest BCUT2D eigenvalue weighted by atomic mass is 9.74. The molecule has 2 N–H and O–H groups in total. The van der Waals surface area contributed by atoms with Crippen LogP contribution in [0.15, 0.2) is 10.5 Å². The SMILES string of the molecule is O=C1Nc2c(Cl)cc3nc(C(=O)N4CCN(CCF)CC4)oc3c2C2(CCCCC2)N1. The molecule has 2 aromatic rings.